The van der Waals surface area contributed by atoms with E-state index in [4.69, 9.17) is 9.47 Å². The third-order valence-electron chi connectivity index (χ3n) is 2.93. The van der Waals surface area contributed by atoms with Gasteiger partial charge in [-0.1, -0.05) is 15.9 Å². The Balaban J connectivity index is 1.77. The quantitative estimate of drug-likeness (QED) is 0.759. The zero-order valence-corrected chi connectivity index (χ0v) is 14.4. The first-order chi connectivity index (χ1) is 11.4. The van der Waals surface area contributed by atoms with Crippen molar-refractivity contribution >= 4 is 33.5 Å². The summed E-state index contributed by atoms with van der Waals surface area (Å²) in [6.07, 6.45) is -0.857. The second kappa shape index (κ2) is 8.44. The molecule has 0 bridgehead atoms. The molecule has 0 radical (unpaired) electrons. The number of carbonyl (C=O) groups excluding carboxylic acids is 2. The molecule has 5 nitrogen and oxygen atoms in total. The highest BCUT2D eigenvalue weighted by Crippen LogP contribution is 2.17. The summed E-state index contributed by atoms with van der Waals surface area (Å²) in [5.74, 6) is -1.07. The summed E-state index contributed by atoms with van der Waals surface area (Å²) in [5.41, 5.74) is 0.414. The molecule has 126 valence electrons. The van der Waals surface area contributed by atoms with Crippen LogP contribution in [0.25, 0.3) is 0 Å². The van der Waals surface area contributed by atoms with Gasteiger partial charge in [-0.25, -0.2) is 9.18 Å². The van der Waals surface area contributed by atoms with Gasteiger partial charge in [0.1, 0.15) is 11.6 Å². The monoisotopic (exact) mass is 395 g/mol. The van der Waals surface area contributed by atoms with E-state index in [1.54, 1.807) is 24.3 Å². The molecule has 2 aromatic rings. The molecule has 0 aliphatic heterocycles. The summed E-state index contributed by atoms with van der Waals surface area (Å²) in [4.78, 5) is 23.5. The topological polar surface area (TPSA) is 64.6 Å². The minimum absolute atomic E-state index is 0.404. The van der Waals surface area contributed by atoms with Crippen LogP contribution < -0.4 is 10.1 Å². The Morgan fingerprint density at radius 3 is 2.38 bits per heavy atom. The van der Waals surface area contributed by atoms with E-state index < -0.39 is 30.4 Å². The normalized spacial score (nSPS) is 11.5. The van der Waals surface area contributed by atoms with E-state index >= 15 is 0 Å². The highest BCUT2D eigenvalue weighted by molar-refractivity contribution is 9.10. The van der Waals surface area contributed by atoms with Crippen LogP contribution in [0.5, 0.6) is 5.75 Å². The second-order valence-electron chi connectivity index (χ2n) is 4.88. The van der Waals surface area contributed by atoms with E-state index in [1.807, 2.05) is 0 Å². The Morgan fingerprint density at radius 2 is 1.75 bits per heavy atom. The average molecular weight is 396 g/mol. The van der Waals surface area contributed by atoms with Gasteiger partial charge in [0.25, 0.3) is 5.91 Å². The smallest absolute Gasteiger partial charge is 0.347 e. The Kier molecular flexibility index (Phi) is 6.31. The van der Waals surface area contributed by atoms with Gasteiger partial charge in [0.2, 0.25) is 0 Å². The molecule has 0 saturated heterocycles. The third-order valence-corrected chi connectivity index (χ3v) is 3.46. The lowest BCUT2D eigenvalue weighted by atomic mass is 10.3. The first-order valence-corrected chi connectivity index (χ1v) is 7.87. The maximum Gasteiger partial charge on any atom is 0.347 e. The van der Waals surface area contributed by atoms with Crippen LogP contribution in [0.4, 0.5) is 10.1 Å². The Labute approximate surface area is 146 Å². The summed E-state index contributed by atoms with van der Waals surface area (Å²) in [6, 6.07) is 12.2. The first-order valence-electron chi connectivity index (χ1n) is 7.08. The van der Waals surface area contributed by atoms with Gasteiger partial charge in [0.05, 0.1) is 0 Å². The molecular formula is C17H15BrFNO4. The van der Waals surface area contributed by atoms with Gasteiger partial charge >= 0.3 is 5.97 Å². The lowest BCUT2D eigenvalue weighted by molar-refractivity contribution is -0.153. The van der Waals surface area contributed by atoms with E-state index in [0.29, 0.717) is 11.4 Å². The number of ether oxygens (including phenoxy) is 2. The molecule has 0 spiro atoms. The van der Waals surface area contributed by atoms with E-state index in [-0.39, 0.29) is 0 Å². The molecule has 0 aromatic heterocycles. The molecular weight excluding hydrogens is 381 g/mol. The second-order valence-corrected chi connectivity index (χ2v) is 5.79. The maximum absolute atomic E-state index is 12.8. The number of benzene rings is 2. The van der Waals surface area contributed by atoms with Gasteiger partial charge in [-0.05, 0) is 55.5 Å². The van der Waals surface area contributed by atoms with Crippen molar-refractivity contribution in [2.75, 3.05) is 11.9 Å². The van der Waals surface area contributed by atoms with Crippen molar-refractivity contribution in [2.45, 2.75) is 13.0 Å². The zero-order chi connectivity index (χ0) is 17.5. The van der Waals surface area contributed by atoms with Crippen LogP contribution >= 0.6 is 15.9 Å². The molecule has 24 heavy (non-hydrogen) atoms. The molecule has 1 N–H and O–H groups in total. The number of rotatable bonds is 6. The molecule has 2 rings (SSSR count). The maximum atomic E-state index is 12.8. The summed E-state index contributed by atoms with van der Waals surface area (Å²) >= 11 is 3.30. The van der Waals surface area contributed by atoms with Crippen LogP contribution in [0.2, 0.25) is 0 Å². The van der Waals surface area contributed by atoms with E-state index in [2.05, 4.69) is 21.2 Å². The van der Waals surface area contributed by atoms with E-state index in [1.165, 1.54) is 31.2 Å². The molecule has 2 aromatic carbocycles. The van der Waals surface area contributed by atoms with Crippen LogP contribution in [0.3, 0.4) is 0 Å². The number of hydrogen-bond acceptors (Lipinski definition) is 4. The number of hydrogen-bond donors (Lipinski definition) is 1. The lowest BCUT2D eigenvalue weighted by Crippen LogP contribution is -2.29. The standard InChI is InChI=1S/C17H15BrFNO4/c1-11(24-15-8-2-12(18)3-9-15)17(22)23-10-16(21)20-14-6-4-13(19)5-7-14/h2-9,11H,10H2,1H3,(H,20,21)/t11-/m1/s1. The first kappa shape index (κ1) is 17.9. The Bertz CT molecular complexity index is 704. The fraction of sp³-hybridized carbons (Fsp3) is 0.176. The molecule has 0 saturated carbocycles. The summed E-state index contributed by atoms with van der Waals surface area (Å²) in [6.45, 7) is 1.08. The molecule has 0 unspecified atom stereocenters. The van der Waals surface area contributed by atoms with Crippen molar-refractivity contribution in [3.63, 3.8) is 0 Å². The fourth-order valence-electron chi connectivity index (χ4n) is 1.75. The van der Waals surface area contributed by atoms with E-state index in [9.17, 15) is 14.0 Å². The summed E-state index contributed by atoms with van der Waals surface area (Å²) < 4.78 is 24.0. The van der Waals surface area contributed by atoms with E-state index in [0.717, 1.165) is 4.47 Å². The Hall–Kier alpha value is -2.41. The molecule has 1 atom stereocenters. The van der Waals surface area contributed by atoms with Crippen LogP contribution in [0.15, 0.2) is 53.0 Å². The van der Waals surface area contributed by atoms with Gasteiger partial charge in [-0.3, -0.25) is 4.79 Å². The number of carbonyl (C=O) groups is 2. The number of halogens is 2. The molecule has 0 aliphatic carbocycles. The molecule has 0 fully saturated rings. The summed E-state index contributed by atoms with van der Waals surface area (Å²) in [5, 5.41) is 2.49. The third kappa shape index (κ3) is 5.66. The minimum Gasteiger partial charge on any atom is -0.479 e. The van der Waals surface area contributed by atoms with Crippen LogP contribution in [0.1, 0.15) is 6.92 Å². The molecule has 1 amide bonds. The lowest BCUT2D eigenvalue weighted by Gasteiger charge is -2.14. The highest BCUT2D eigenvalue weighted by atomic mass is 79.9. The van der Waals surface area contributed by atoms with Crippen LogP contribution in [-0.4, -0.2) is 24.6 Å². The predicted molar refractivity (Wildman–Crippen MR) is 90.2 cm³/mol. The van der Waals surface area contributed by atoms with Gasteiger partial charge in [0, 0.05) is 10.2 Å². The highest BCUT2D eigenvalue weighted by Gasteiger charge is 2.17. The minimum atomic E-state index is -0.857. The van der Waals surface area contributed by atoms with Gasteiger partial charge in [-0.2, -0.15) is 0 Å². The van der Waals surface area contributed by atoms with Crippen LogP contribution in [0, 0.1) is 5.82 Å². The largest absolute Gasteiger partial charge is 0.479 e. The van der Waals surface area contributed by atoms with Crippen molar-refractivity contribution in [2.24, 2.45) is 0 Å². The van der Waals surface area contributed by atoms with Gasteiger partial charge < -0.3 is 14.8 Å². The number of amides is 1. The SMILES string of the molecule is C[C@@H](Oc1ccc(Br)cc1)C(=O)OCC(=O)Nc1ccc(F)cc1. The average Bonchev–Trinajstić information content (AvgIpc) is 2.57. The molecule has 7 heteroatoms. The van der Waals surface area contributed by atoms with Crippen molar-refractivity contribution in [3.8, 4) is 5.75 Å². The number of esters is 1. The number of anilines is 1. The van der Waals surface area contributed by atoms with Crippen molar-refractivity contribution < 1.29 is 23.5 Å². The van der Waals surface area contributed by atoms with Crippen molar-refractivity contribution in [3.05, 3.63) is 58.8 Å². The van der Waals surface area contributed by atoms with Crippen LogP contribution in [-0.2, 0) is 14.3 Å². The molecule has 0 aliphatic rings. The summed E-state index contributed by atoms with van der Waals surface area (Å²) in [7, 11) is 0. The predicted octanol–water partition coefficient (Wildman–Crippen LogP) is 3.54. The van der Waals surface area contributed by atoms with Crippen molar-refractivity contribution in [1.29, 1.82) is 0 Å². The van der Waals surface area contributed by atoms with Gasteiger partial charge in [0.15, 0.2) is 12.7 Å². The Morgan fingerprint density at radius 1 is 1.12 bits per heavy atom. The zero-order valence-electron chi connectivity index (χ0n) is 12.8. The van der Waals surface area contributed by atoms with Crippen molar-refractivity contribution in [1.82, 2.24) is 0 Å². The fourth-order valence-corrected chi connectivity index (χ4v) is 2.01. The number of nitrogens with one attached hydrogen (secondary N) is 1. The van der Waals surface area contributed by atoms with Gasteiger partial charge in [-0.15, -0.1) is 0 Å². The molecule has 0 heterocycles.